The van der Waals surface area contributed by atoms with Crippen LogP contribution in [0.3, 0.4) is 0 Å². The third-order valence-corrected chi connectivity index (χ3v) is 3.24. The van der Waals surface area contributed by atoms with E-state index in [-0.39, 0.29) is 6.61 Å². The number of hydrogen-bond acceptors (Lipinski definition) is 3. The monoisotopic (exact) mass is 252 g/mol. The smallest absolute Gasteiger partial charge is 0.348 e. The van der Waals surface area contributed by atoms with Crippen molar-refractivity contribution >= 4 is 5.97 Å². The Bertz CT molecular complexity index is 434. The summed E-state index contributed by atoms with van der Waals surface area (Å²) in [6, 6.07) is 6.81. The molecule has 0 heterocycles. The molecule has 4 heteroatoms. The van der Waals surface area contributed by atoms with Crippen LogP contribution >= 0.6 is 0 Å². The van der Waals surface area contributed by atoms with Crippen molar-refractivity contribution in [2.24, 2.45) is 5.41 Å². The molecule has 1 aromatic rings. The van der Waals surface area contributed by atoms with Gasteiger partial charge in [-0.3, -0.25) is 0 Å². The molecule has 0 unspecified atom stereocenters. The first-order chi connectivity index (χ1) is 8.20. The third kappa shape index (κ3) is 2.82. The van der Waals surface area contributed by atoms with Crippen LogP contribution in [0.5, 0.6) is 5.75 Å². The first-order valence-corrected chi connectivity index (χ1v) is 5.83. The van der Waals surface area contributed by atoms with Gasteiger partial charge in [-0.25, -0.2) is 4.79 Å². The lowest BCUT2D eigenvalue weighted by Crippen LogP contribution is -2.52. The minimum absolute atomic E-state index is 0.101. The van der Waals surface area contributed by atoms with Crippen LogP contribution in [0.15, 0.2) is 24.3 Å². The second-order valence-electron chi connectivity index (χ2n) is 5.50. The Morgan fingerprint density at radius 2 is 1.89 bits per heavy atom. The van der Waals surface area contributed by atoms with Gasteiger partial charge in [0.1, 0.15) is 5.75 Å². The van der Waals surface area contributed by atoms with Crippen LogP contribution in [-0.2, 0) is 11.4 Å². The van der Waals surface area contributed by atoms with Crippen molar-refractivity contribution in [3.8, 4) is 5.75 Å². The Morgan fingerprint density at radius 1 is 1.28 bits per heavy atom. The highest BCUT2D eigenvalue weighted by atomic mass is 16.5. The van der Waals surface area contributed by atoms with E-state index in [2.05, 4.69) is 0 Å². The Labute approximate surface area is 107 Å². The van der Waals surface area contributed by atoms with E-state index in [1.54, 1.807) is 31.2 Å². The molecule has 18 heavy (non-hydrogen) atoms. The van der Waals surface area contributed by atoms with E-state index >= 15 is 0 Å². The summed E-state index contributed by atoms with van der Waals surface area (Å²) in [5.74, 6) is -0.564. The highest BCUT2D eigenvalue weighted by molar-refractivity contribution is 5.78. The molecular weight excluding hydrogens is 232 g/mol. The first-order valence-electron chi connectivity index (χ1n) is 5.83. The van der Waals surface area contributed by atoms with E-state index in [0.717, 1.165) is 0 Å². The lowest BCUT2D eigenvalue weighted by molar-refractivity contribution is -0.163. The quantitative estimate of drug-likeness (QED) is 0.863. The van der Waals surface area contributed by atoms with Gasteiger partial charge >= 0.3 is 5.97 Å². The van der Waals surface area contributed by atoms with Gasteiger partial charge < -0.3 is 14.9 Å². The van der Waals surface area contributed by atoms with Gasteiger partial charge in [-0.1, -0.05) is 32.9 Å². The summed E-state index contributed by atoms with van der Waals surface area (Å²) in [6.07, 6.45) is 0. The predicted molar refractivity (Wildman–Crippen MR) is 68.5 cm³/mol. The molecule has 0 fully saturated rings. The first kappa shape index (κ1) is 14.5. The topological polar surface area (TPSA) is 66.8 Å². The van der Waals surface area contributed by atoms with Crippen LogP contribution in [0.4, 0.5) is 0 Å². The van der Waals surface area contributed by atoms with Crippen molar-refractivity contribution in [2.75, 3.05) is 0 Å². The Balaban J connectivity index is 3.08. The number of aliphatic hydroxyl groups is 1. The lowest BCUT2D eigenvalue weighted by Gasteiger charge is -2.38. The fourth-order valence-electron chi connectivity index (χ4n) is 1.46. The minimum atomic E-state index is -1.33. The van der Waals surface area contributed by atoms with Gasteiger partial charge in [0.2, 0.25) is 5.60 Å². The van der Waals surface area contributed by atoms with Gasteiger partial charge in [-0.2, -0.15) is 0 Å². The predicted octanol–water partition coefficient (Wildman–Crippen LogP) is 2.45. The molecule has 0 saturated carbocycles. The van der Waals surface area contributed by atoms with Crippen LogP contribution in [0.2, 0.25) is 0 Å². The summed E-state index contributed by atoms with van der Waals surface area (Å²) in [5.41, 5.74) is -1.20. The molecule has 0 radical (unpaired) electrons. The number of hydrogen-bond donors (Lipinski definition) is 2. The average molecular weight is 252 g/mol. The molecule has 100 valence electrons. The summed E-state index contributed by atoms with van der Waals surface area (Å²) in [6.45, 7) is 6.91. The summed E-state index contributed by atoms with van der Waals surface area (Å²) in [5, 5.41) is 18.4. The summed E-state index contributed by atoms with van der Waals surface area (Å²) in [4.78, 5) is 11.5. The number of carbonyl (C=O) groups is 1. The van der Waals surface area contributed by atoms with Crippen LogP contribution in [0, 0.1) is 5.41 Å². The maximum Gasteiger partial charge on any atom is 0.348 e. The molecule has 0 aliphatic heterocycles. The molecule has 4 nitrogen and oxygen atoms in total. The SMILES string of the molecule is CC(C)(C)[C@](C)(Oc1cccc(CO)c1)C(=O)O. The van der Waals surface area contributed by atoms with Gasteiger partial charge in [-0.15, -0.1) is 0 Å². The largest absolute Gasteiger partial charge is 0.478 e. The van der Waals surface area contributed by atoms with Crippen molar-refractivity contribution < 1.29 is 19.7 Å². The number of aliphatic hydroxyl groups excluding tert-OH is 1. The van der Waals surface area contributed by atoms with Crippen LogP contribution in [0.25, 0.3) is 0 Å². The summed E-state index contributed by atoms with van der Waals surface area (Å²) in [7, 11) is 0. The number of benzene rings is 1. The molecule has 0 aliphatic carbocycles. The second kappa shape index (κ2) is 4.98. The Morgan fingerprint density at radius 3 is 2.33 bits per heavy atom. The summed E-state index contributed by atoms with van der Waals surface area (Å²) >= 11 is 0. The number of carboxylic acid groups (broad SMARTS) is 1. The second-order valence-corrected chi connectivity index (χ2v) is 5.50. The number of ether oxygens (including phenoxy) is 1. The maximum absolute atomic E-state index is 11.5. The highest BCUT2D eigenvalue weighted by Gasteiger charge is 2.47. The molecule has 0 spiro atoms. The normalized spacial score (nSPS) is 14.9. The maximum atomic E-state index is 11.5. The van der Waals surface area contributed by atoms with E-state index in [9.17, 15) is 9.90 Å². The highest BCUT2D eigenvalue weighted by Crippen LogP contribution is 2.35. The molecule has 0 saturated heterocycles. The van der Waals surface area contributed by atoms with Crippen LogP contribution < -0.4 is 4.74 Å². The van der Waals surface area contributed by atoms with Gasteiger partial charge in [0.15, 0.2) is 0 Å². The number of aliphatic carboxylic acids is 1. The third-order valence-electron chi connectivity index (χ3n) is 3.24. The van der Waals surface area contributed by atoms with Gasteiger partial charge in [0.05, 0.1) is 6.61 Å². The Hall–Kier alpha value is -1.55. The number of rotatable bonds is 4. The van der Waals surface area contributed by atoms with Crippen molar-refractivity contribution in [3.63, 3.8) is 0 Å². The molecule has 1 rings (SSSR count). The molecule has 0 aromatic heterocycles. The van der Waals surface area contributed by atoms with E-state index in [1.165, 1.54) is 0 Å². The molecule has 2 N–H and O–H groups in total. The Kier molecular flexibility index (Phi) is 4.02. The van der Waals surface area contributed by atoms with Crippen LogP contribution in [-0.4, -0.2) is 21.8 Å². The standard InChI is InChI=1S/C14H20O4/c1-13(2,3)14(4,12(16)17)18-11-7-5-6-10(8-11)9-15/h5-8,15H,9H2,1-4H3,(H,16,17)/t14-/m1/s1. The van der Waals surface area contributed by atoms with E-state index in [1.807, 2.05) is 20.8 Å². The lowest BCUT2D eigenvalue weighted by atomic mass is 9.77. The summed E-state index contributed by atoms with van der Waals surface area (Å²) < 4.78 is 5.66. The van der Waals surface area contributed by atoms with Crippen molar-refractivity contribution in [1.82, 2.24) is 0 Å². The van der Waals surface area contributed by atoms with Crippen molar-refractivity contribution in [1.29, 1.82) is 0 Å². The molecule has 1 atom stereocenters. The molecule has 1 aromatic carbocycles. The van der Waals surface area contributed by atoms with Crippen molar-refractivity contribution in [2.45, 2.75) is 39.9 Å². The van der Waals surface area contributed by atoms with Crippen molar-refractivity contribution in [3.05, 3.63) is 29.8 Å². The number of carboxylic acids is 1. The average Bonchev–Trinajstić information content (AvgIpc) is 2.27. The van der Waals surface area contributed by atoms with E-state index in [4.69, 9.17) is 9.84 Å². The fraction of sp³-hybridized carbons (Fsp3) is 0.500. The zero-order valence-corrected chi connectivity index (χ0v) is 11.2. The van der Waals surface area contributed by atoms with Gasteiger partial charge in [0, 0.05) is 5.41 Å². The molecule has 0 bridgehead atoms. The zero-order valence-electron chi connectivity index (χ0n) is 11.2. The minimum Gasteiger partial charge on any atom is -0.478 e. The molecule has 0 amide bonds. The zero-order chi connectivity index (χ0) is 14.0. The fourth-order valence-corrected chi connectivity index (χ4v) is 1.46. The van der Waals surface area contributed by atoms with E-state index in [0.29, 0.717) is 11.3 Å². The van der Waals surface area contributed by atoms with Gasteiger partial charge in [0.25, 0.3) is 0 Å². The van der Waals surface area contributed by atoms with Gasteiger partial charge in [-0.05, 0) is 24.6 Å². The van der Waals surface area contributed by atoms with E-state index < -0.39 is 17.0 Å². The molecular formula is C14H20O4. The van der Waals surface area contributed by atoms with Crippen LogP contribution in [0.1, 0.15) is 33.3 Å². The molecule has 0 aliphatic rings.